The molecule has 0 aliphatic carbocycles. The molecular formula is C19H11NO2. The zero-order valence-corrected chi connectivity index (χ0v) is 11.6. The molecule has 0 saturated carbocycles. The van der Waals surface area contributed by atoms with E-state index in [2.05, 4.69) is 17.1 Å². The molecular weight excluding hydrogens is 274 g/mol. The fourth-order valence-electron chi connectivity index (χ4n) is 3.22. The number of benzene rings is 3. The standard InChI is InChI=1S/C19H11NO2/c21-19-13-7-2-1-5-11(13)15-9-17-14(10-18(15)22-19)12-6-3-4-8-16(12)20-17/h1-10,20H. The molecule has 0 unspecified atom stereocenters. The molecule has 0 atom stereocenters. The Hall–Kier alpha value is -3.07. The molecule has 0 fully saturated rings. The quantitative estimate of drug-likeness (QED) is 0.334. The minimum atomic E-state index is -0.290. The van der Waals surface area contributed by atoms with Crippen LogP contribution in [0, 0.1) is 0 Å². The fraction of sp³-hybridized carbons (Fsp3) is 0. The number of nitrogens with one attached hydrogen (secondary N) is 1. The summed E-state index contributed by atoms with van der Waals surface area (Å²) in [6, 6.07) is 19.7. The van der Waals surface area contributed by atoms with Crippen LogP contribution in [-0.4, -0.2) is 4.98 Å². The van der Waals surface area contributed by atoms with Gasteiger partial charge in [0.2, 0.25) is 0 Å². The van der Waals surface area contributed by atoms with Gasteiger partial charge in [0.25, 0.3) is 0 Å². The minimum Gasteiger partial charge on any atom is -0.422 e. The van der Waals surface area contributed by atoms with E-state index < -0.39 is 0 Å². The van der Waals surface area contributed by atoms with Crippen LogP contribution in [0.1, 0.15) is 0 Å². The van der Waals surface area contributed by atoms with Crippen molar-refractivity contribution in [2.24, 2.45) is 0 Å². The smallest absolute Gasteiger partial charge is 0.344 e. The summed E-state index contributed by atoms with van der Waals surface area (Å²) in [5.74, 6) is 0. The van der Waals surface area contributed by atoms with Crippen LogP contribution in [0.15, 0.2) is 69.9 Å². The van der Waals surface area contributed by atoms with Crippen molar-refractivity contribution >= 4 is 43.5 Å². The zero-order chi connectivity index (χ0) is 14.7. The van der Waals surface area contributed by atoms with Crippen molar-refractivity contribution in [2.75, 3.05) is 0 Å². The third kappa shape index (κ3) is 1.42. The number of para-hydroxylation sites is 1. The lowest BCUT2D eigenvalue weighted by Gasteiger charge is -2.02. The van der Waals surface area contributed by atoms with E-state index >= 15 is 0 Å². The average molecular weight is 285 g/mol. The average Bonchev–Trinajstić information content (AvgIpc) is 2.91. The molecule has 104 valence electrons. The van der Waals surface area contributed by atoms with Gasteiger partial charge in [0.05, 0.1) is 5.39 Å². The van der Waals surface area contributed by atoms with E-state index in [9.17, 15) is 4.79 Å². The van der Waals surface area contributed by atoms with Crippen LogP contribution in [0.2, 0.25) is 0 Å². The van der Waals surface area contributed by atoms with E-state index in [1.807, 2.05) is 42.5 Å². The summed E-state index contributed by atoms with van der Waals surface area (Å²) < 4.78 is 5.53. The van der Waals surface area contributed by atoms with Gasteiger partial charge in [-0.15, -0.1) is 0 Å². The van der Waals surface area contributed by atoms with E-state index in [-0.39, 0.29) is 5.63 Å². The number of aromatic nitrogens is 1. The van der Waals surface area contributed by atoms with Gasteiger partial charge >= 0.3 is 5.63 Å². The van der Waals surface area contributed by atoms with Gasteiger partial charge in [-0.1, -0.05) is 36.4 Å². The molecule has 0 radical (unpaired) electrons. The Balaban J connectivity index is 2.07. The highest BCUT2D eigenvalue weighted by Crippen LogP contribution is 2.31. The van der Waals surface area contributed by atoms with E-state index in [4.69, 9.17) is 4.42 Å². The molecule has 1 N–H and O–H groups in total. The van der Waals surface area contributed by atoms with Gasteiger partial charge in [-0.05, 0) is 29.7 Å². The van der Waals surface area contributed by atoms with Crippen LogP contribution < -0.4 is 5.63 Å². The first kappa shape index (κ1) is 11.6. The summed E-state index contributed by atoms with van der Waals surface area (Å²) >= 11 is 0. The lowest BCUT2D eigenvalue weighted by Crippen LogP contribution is -1.99. The molecule has 2 heterocycles. The van der Waals surface area contributed by atoms with Gasteiger partial charge in [-0.3, -0.25) is 0 Å². The van der Waals surface area contributed by atoms with Gasteiger partial charge in [0, 0.05) is 27.2 Å². The van der Waals surface area contributed by atoms with Gasteiger partial charge in [0.15, 0.2) is 0 Å². The summed E-state index contributed by atoms with van der Waals surface area (Å²) in [4.78, 5) is 15.6. The Morgan fingerprint density at radius 2 is 1.41 bits per heavy atom. The monoisotopic (exact) mass is 285 g/mol. The highest BCUT2D eigenvalue weighted by molar-refractivity contribution is 6.15. The van der Waals surface area contributed by atoms with Crippen molar-refractivity contribution in [1.29, 1.82) is 0 Å². The molecule has 3 aromatic carbocycles. The van der Waals surface area contributed by atoms with Crippen LogP contribution in [0.5, 0.6) is 0 Å². The summed E-state index contributed by atoms with van der Waals surface area (Å²) in [5, 5.41) is 4.70. The van der Waals surface area contributed by atoms with Crippen molar-refractivity contribution in [3.8, 4) is 0 Å². The highest BCUT2D eigenvalue weighted by atomic mass is 16.4. The Bertz CT molecular complexity index is 1240. The van der Waals surface area contributed by atoms with Crippen LogP contribution in [0.3, 0.4) is 0 Å². The molecule has 3 nitrogen and oxygen atoms in total. The topological polar surface area (TPSA) is 46.0 Å². The summed E-state index contributed by atoms with van der Waals surface area (Å²) in [6.45, 7) is 0. The Morgan fingerprint density at radius 1 is 0.682 bits per heavy atom. The molecule has 0 saturated heterocycles. The predicted octanol–water partition coefficient (Wildman–Crippen LogP) is 4.58. The van der Waals surface area contributed by atoms with E-state index in [0.717, 1.165) is 32.6 Å². The van der Waals surface area contributed by atoms with Crippen molar-refractivity contribution in [3.63, 3.8) is 0 Å². The van der Waals surface area contributed by atoms with Crippen molar-refractivity contribution in [3.05, 3.63) is 71.1 Å². The molecule has 0 aliphatic rings. The summed E-state index contributed by atoms with van der Waals surface area (Å²) in [7, 11) is 0. The number of hydrogen-bond acceptors (Lipinski definition) is 2. The number of aromatic amines is 1. The van der Waals surface area contributed by atoms with Crippen molar-refractivity contribution in [1.82, 2.24) is 4.98 Å². The minimum absolute atomic E-state index is 0.290. The molecule has 2 aromatic heterocycles. The molecule has 5 aromatic rings. The SMILES string of the molecule is O=c1oc2cc3c(cc2c2ccccc12)[nH]c1ccccc13. The van der Waals surface area contributed by atoms with Crippen LogP contribution in [-0.2, 0) is 0 Å². The number of rotatable bonds is 0. The van der Waals surface area contributed by atoms with E-state index in [0.29, 0.717) is 11.0 Å². The lowest BCUT2D eigenvalue weighted by molar-refractivity contribution is 0.570. The number of H-pyrrole nitrogens is 1. The second-order valence-electron chi connectivity index (χ2n) is 5.50. The summed E-state index contributed by atoms with van der Waals surface area (Å²) in [6.07, 6.45) is 0. The molecule has 0 bridgehead atoms. The normalized spacial score (nSPS) is 11.8. The largest absolute Gasteiger partial charge is 0.422 e. The van der Waals surface area contributed by atoms with Crippen LogP contribution >= 0.6 is 0 Å². The third-order valence-corrected chi connectivity index (χ3v) is 4.25. The first-order chi connectivity index (χ1) is 10.8. The van der Waals surface area contributed by atoms with E-state index in [1.165, 1.54) is 0 Å². The molecule has 0 amide bonds. The second kappa shape index (κ2) is 3.98. The van der Waals surface area contributed by atoms with Crippen molar-refractivity contribution in [2.45, 2.75) is 0 Å². The molecule has 5 rings (SSSR count). The first-order valence-electron chi connectivity index (χ1n) is 7.17. The zero-order valence-electron chi connectivity index (χ0n) is 11.6. The molecule has 0 aliphatic heterocycles. The molecule has 0 spiro atoms. The van der Waals surface area contributed by atoms with Gasteiger partial charge < -0.3 is 9.40 Å². The maximum Gasteiger partial charge on any atom is 0.344 e. The fourth-order valence-corrected chi connectivity index (χ4v) is 3.22. The molecule has 22 heavy (non-hydrogen) atoms. The van der Waals surface area contributed by atoms with Crippen LogP contribution in [0.25, 0.3) is 43.5 Å². The van der Waals surface area contributed by atoms with Gasteiger partial charge in [0.1, 0.15) is 5.58 Å². The molecule has 3 heteroatoms. The number of fused-ring (bicyclic) bond motifs is 6. The number of hydrogen-bond donors (Lipinski definition) is 1. The maximum absolute atomic E-state index is 12.2. The predicted molar refractivity (Wildman–Crippen MR) is 89.4 cm³/mol. The maximum atomic E-state index is 12.2. The summed E-state index contributed by atoms with van der Waals surface area (Å²) in [5.41, 5.74) is 2.47. The van der Waals surface area contributed by atoms with Crippen molar-refractivity contribution < 1.29 is 4.42 Å². The van der Waals surface area contributed by atoms with Gasteiger partial charge in [-0.2, -0.15) is 0 Å². The Labute approximate surface area is 124 Å². The van der Waals surface area contributed by atoms with Gasteiger partial charge in [-0.25, -0.2) is 4.79 Å². The third-order valence-electron chi connectivity index (χ3n) is 4.25. The first-order valence-corrected chi connectivity index (χ1v) is 7.17. The highest BCUT2D eigenvalue weighted by Gasteiger charge is 2.10. The van der Waals surface area contributed by atoms with Crippen LogP contribution in [0.4, 0.5) is 0 Å². The second-order valence-corrected chi connectivity index (χ2v) is 5.50. The Morgan fingerprint density at radius 3 is 2.27 bits per heavy atom. The Kier molecular flexibility index (Phi) is 2.09. The van der Waals surface area contributed by atoms with E-state index in [1.54, 1.807) is 6.07 Å². The lowest BCUT2D eigenvalue weighted by atomic mass is 10.1.